The highest BCUT2D eigenvalue weighted by molar-refractivity contribution is 14.0. The molecular formula is C24H30IN5O2. The minimum absolute atomic E-state index is 0. The van der Waals surface area contributed by atoms with Gasteiger partial charge in [-0.2, -0.15) is 0 Å². The summed E-state index contributed by atoms with van der Waals surface area (Å²) in [5.41, 5.74) is 2.90. The fourth-order valence-electron chi connectivity index (χ4n) is 3.75. The van der Waals surface area contributed by atoms with Crippen LogP contribution in [0.2, 0.25) is 0 Å². The lowest BCUT2D eigenvalue weighted by molar-refractivity contribution is 0.415. The molecule has 0 radical (unpaired) electrons. The molecule has 0 aliphatic carbocycles. The first-order valence-electron chi connectivity index (χ1n) is 10.7. The molecule has 1 aliphatic heterocycles. The van der Waals surface area contributed by atoms with Gasteiger partial charge in [0.1, 0.15) is 17.7 Å². The van der Waals surface area contributed by atoms with E-state index in [4.69, 9.17) is 14.1 Å². The number of hydrogen-bond acceptors (Lipinski definition) is 5. The van der Waals surface area contributed by atoms with Crippen molar-refractivity contribution in [3.8, 4) is 17.2 Å². The Hall–Kier alpha value is -2.75. The van der Waals surface area contributed by atoms with Gasteiger partial charge in [0.05, 0.1) is 19.3 Å². The van der Waals surface area contributed by atoms with E-state index >= 15 is 0 Å². The van der Waals surface area contributed by atoms with Crippen LogP contribution in [-0.2, 0) is 6.54 Å². The molecule has 8 heteroatoms. The Morgan fingerprint density at radius 1 is 1.19 bits per heavy atom. The third-order valence-electron chi connectivity index (χ3n) is 5.27. The summed E-state index contributed by atoms with van der Waals surface area (Å²) in [6.45, 7) is 5.18. The number of benzene rings is 2. The van der Waals surface area contributed by atoms with Crippen LogP contribution in [0.25, 0.3) is 11.5 Å². The Bertz CT molecular complexity index is 1010. The molecule has 2 aromatic carbocycles. The molecule has 1 atom stereocenters. The van der Waals surface area contributed by atoms with Crippen molar-refractivity contribution in [2.45, 2.75) is 25.9 Å². The van der Waals surface area contributed by atoms with Crippen LogP contribution < -0.4 is 20.3 Å². The first kappa shape index (κ1) is 23.9. The first-order valence-corrected chi connectivity index (χ1v) is 10.7. The van der Waals surface area contributed by atoms with E-state index in [1.54, 1.807) is 13.4 Å². The highest BCUT2D eigenvalue weighted by Gasteiger charge is 2.25. The SMILES string of the molecule is CCNC(=NCc1coc(-c2ccccc2)n1)NC1CCN(c2ccccc2OC)C1.I. The van der Waals surface area contributed by atoms with Crippen molar-refractivity contribution >= 4 is 35.6 Å². The van der Waals surface area contributed by atoms with Crippen LogP contribution in [-0.4, -0.2) is 43.7 Å². The topological polar surface area (TPSA) is 74.9 Å². The summed E-state index contributed by atoms with van der Waals surface area (Å²) in [6.07, 6.45) is 2.71. The Kier molecular flexibility index (Phi) is 8.78. The van der Waals surface area contributed by atoms with Gasteiger partial charge in [-0.1, -0.05) is 30.3 Å². The maximum Gasteiger partial charge on any atom is 0.226 e. The lowest BCUT2D eigenvalue weighted by atomic mass is 10.2. The minimum Gasteiger partial charge on any atom is -0.495 e. The van der Waals surface area contributed by atoms with Crippen molar-refractivity contribution in [3.63, 3.8) is 0 Å². The molecule has 0 spiro atoms. The van der Waals surface area contributed by atoms with E-state index in [-0.39, 0.29) is 24.0 Å². The second kappa shape index (κ2) is 11.8. The average molecular weight is 547 g/mol. The van der Waals surface area contributed by atoms with Crippen LogP contribution in [0.5, 0.6) is 5.75 Å². The predicted octanol–water partition coefficient (Wildman–Crippen LogP) is 4.30. The van der Waals surface area contributed by atoms with E-state index in [1.807, 2.05) is 48.5 Å². The highest BCUT2D eigenvalue weighted by atomic mass is 127. The molecule has 1 unspecified atom stereocenters. The van der Waals surface area contributed by atoms with Crippen molar-refractivity contribution in [1.82, 2.24) is 15.6 Å². The molecule has 1 aromatic heterocycles. The van der Waals surface area contributed by atoms with Gasteiger partial charge in [0, 0.05) is 31.2 Å². The van der Waals surface area contributed by atoms with Gasteiger partial charge in [-0.15, -0.1) is 24.0 Å². The largest absolute Gasteiger partial charge is 0.495 e. The van der Waals surface area contributed by atoms with E-state index in [1.165, 1.54) is 0 Å². The summed E-state index contributed by atoms with van der Waals surface area (Å²) in [7, 11) is 1.72. The van der Waals surface area contributed by atoms with Crippen LogP contribution in [0.15, 0.2) is 70.3 Å². The van der Waals surface area contributed by atoms with Crippen LogP contribution in [0.4, 0.5) is 5.69 Å². The van der Waals surface area contributed by atoms with Crippen LogP contribution in [0, 0.1) is 0 Å². The molecule has 1 fully saturated rings. The van der Waals surface area contributed by atoms with E-state index < -0.39 is 0 Å². The number of halogens is 1. The van der Waals surface area contributed by atoms with E-state index in [2.05, 4.69) is 33.5 Å². The van der Waals surface area contributed by atoms with Crippen LogP contribution in [0.3, 0.4) is 0 Å². The second-order valence-electron chi connectivity index (χ2n) is 7.45. The number of para-hydroxylation sites is 2. The van der Waals surface area contributed by atoms with Crippen molar-refractivity contribution < 1.29 is 9.15 Å². The van der Waals surface area contributed by atoms with Crippen LogP contribution >= 0.6 is 24.0 Å². The summed E-state index contributed by atoms with van der Waals surface area (Å²) >= 11 is 0. The molecular weight excluding hydrogens is 517 g/mol. The quantitative estimate of drug-likeness (QED) is 0.261. The van der Waals surface area contributed by atoms with Gasteiger partial charge in [0.25, 0.3) is 0 Å². The van der Waals surface area contributed by atoms with Gasteiger partial charge in [0.15, 0.2) is 5.96 Å². The summed E-state index contributed by atoms with van der Waals surface area (Å²) in [5, 5.41) is 6.89. The fourth-order valence-corrected chi connectivity index (χ4v) is 3.75. The molecule has 0 amide bonds. The van der Waals surface area contributed by atoms with Crippen LogP contribution in [0.1, 0.15) is 19.0 Å². The van der Waals surface area contributed by atoms with E-state index in [0.717, 1.165) is 54.7 Å². The monoisotopic (exact) mass is 547 g/mol. The molecule has 32 heavy (non-hydrogen) atoms. The molecule has 1 aliphatic rings. The zero-order chi connectivity index (χ0) is 21.5. The van der Waals surface area contributed by atoms with Crippen molar-refractivity contribution in [3.05, 3.63) is 66.6 Å². The number of nitrogens with one attached hydrogen (secondary N) is 2. The Morgan fingerprint density at radius 2 is 1.97 bits per heavy atom. The lowest BCUT2D eigenvalue weighted by Crippen LogP contribution is -2.44. The number of aliphatic imine (C=N–C) groups is 1. The Balaban J connectivity index is 0.00000289. The number of anilines is 1. The lowest BCUT2D eigenvalue weighted by Gasteiger charge is -2.22. The fraction of sp³-hybridized carbons (Fsp3) is 0.333. The normalized spacial score (nSPS) is 15.9. The van der Waals surface area contributed by atoms with Crippen molar-refractivity contribution in [1.29, 1.82) is 0 Å². The molecule has 0 saturated carbocycles. The average Bonchev–Trinajstić information content (AvgIpc) is 3.48. The van der Waals surface area contributed by atoms with E-state index in [0.29, 0.717) is 18.5 Å². The number of rotatable bonds is 7. The van der Waals surface area contributed by atoms with Gasteiger partial charge in [-0.05, 0) is 37.6 Å². The standard InChI is InChI=1S/C24H29N5O2.HI/c1-3-25-24(26-15-20-17-31-23(27-20)18-9-5-4-6-10-18)28-19-13-14-29(16-19)21-11-7-8-12-22(21)30-2;/h4-12,17,19H,3,13-16H2,1-2H3,(H2,25,26,28);1H. The summed E-state index contributed by atoms with van der Waals surface area (Å²) in [6, 6.07) is 18.3. The number of nitrogens with zero attached hydrogens (tertiary/aromatic N) is 3. The molecule has 7 nitrogen and oxygen atoms in total. The molecule has 3 aromatic rings. The third-order valence-corrected chi connectivity index (χ3v) is 5.27. The molecule has 4 rings (SSSR count). The molecule has 170 valence electrons. The second-order valence-corrected chi connectivity index (χ2v) is 7.45. The van der Waals surface area contributed by atoms with Gasteiger partial charge < -0.3 is 24.7 Å². The zero-order valence-corrected chi connectivity index (χ0v) is 20.8. The minimum atomic E-state index is 0. The maximum absolute atomic E-state index is 5.62. The smallest absolute Gasteiger partial charge is 0.226 e. The predicted molar refractivity (Wildman–Crippen MR) is 139 cm³/mol. The molecule has 2 N–H and O–H groups in total. The number of hydrogen-bond donors (Lipinski definition) is 2. The number of oxazole rings is 1. The summed E-state index contributed by atoms with van der Waals surface area (Å²) in [4.78, 5) is 11.6. The number of aromatic nitrogens is 1. The Morgan fingerprint density at radius 3 is 2.75 bits per heavy atom. The highest BCUT2D eigenvalue weighted by Crippen LogP contribution is 2.30. The third kappa shape index (κ3) is 5.93. The zero-order valence-electron chi connectivity index (χ0n) is 18.5. The van der Waals surface area contributed by atoms with E-state index in [9.17, 15) is 0 Å². The number of methoxy groups -OCH3 is 1. The van der Waals surface area contributed by atoms with Gasteiger partial charge in [0.2, 0.25) is 5.89 Å². The summed E-state index contributed by atoms with van der Waals surface area (Å²) in [5.74, 6) is 2.31. The molecule has 1 saturated heterocycles. The molecule has 0 bridgehead atoms. The number of guanidine groups is 1. The Labute approximate surface area is 206 Å². The van der Waals surface area contributed by atoms with Crippen molar-refractivity contribution in [2.24, 2.45) is 4.99 Å². The first-order chi connectivity index (χ1) is 15.3. The van der Waals surface area contributed by atoms with Gasteiger partial charge >= 0.3 is 0 Å². The number of ether oxygens (including phenoxy) is 1. The van der Waals surface area contributed by atoms with Crippen molar-refractivity contribution in [2.75, 3.05) is 31.6 Å². The van der Waals surface area contributed by atoms with Gasteiger partial charge in [-0.3, -0.25) is 0 Å². The summed E-state index contributed by atoms with van der Waals surface area (Å²) < 4.78 is 11.1. The molecule has 2 heterocycles. The maximum atomic E-state index is 5.62. The van der Waals surface area contributed by atoms with Gasteiger partial charge in [-0.25, -0.2) is 9.98 Å².